The predicted molar refractivity (Wildman–Crippen MR) is 86.0 cm³/mol. The van der Waals surface area contributed by atoms with Crippen LogP contribution in [0.2, 0.25) is 0 Å². The van der Waals surface area contributed by atoms with Crippen LogP contribution in [0.3, 0.4) is 0 Å². The zero-order valence-electron chi connectivity index (χ0n) is 12.2. The molecular weight excluding hydrogens is 276 g/mol. The normalized spacial score (nSPS) is 20.3. The Balaban J connectivity index is 1.79. The third-order valence-corrected chi connectivity index (χ3v) is 4.00. The van der Waals surface area contributed by atoms with Gasteiger partial charge >= 0.3 is 0 Å². The lowest BCUT2D eigenvalue weighted by molar-refractivity contribution is 0.399. The number of nitrogens with zero attached hydrogens (tertiary/aromatic N) is 2. The number of nitrogens with two attached hydrogens (primary N) is 2. The Bertz CT molecular complexity index is 912. The second kappa shape index (κ2) is 4.42. The predicted octanol–water partition coefficient (Wildman–Crippen LogP) is 2.54. The molecule has 1 aromatic carbocycles. The van der Waals surface area contributed by atoms with Gasteiger partial charge in [-0.1, -0.05) is 18.2 Å². The highest BCUT2D eigenvalue weighted by Crippen LogP contribution is 2.32. The van der Waals surface area contributed by atoms with Crippen molar-refractivity contribution in [2.24, 2.45) is 5.73 Å². The largest absolute Gasteiger partial charge is 0.438 e. The molecule has 0 saturated heterocycles. The van der Waals surface area contributed by atoms with Gasteiger partial charge in [0.1, 0.15) is 16.9 Å². The molecule has 1 unspecified atom stereocenters. The monoisotopic (exact) mass is 292 g/mol. The van der Waals surface area contributed by atoms with Gasteiger partial charge in [0.05, 0.1) is 5.69 Å². The van der Waals surface area contributed by atoms with Gasteiger partial charge in [-0.2, -0.15) is 0 Å². The van der Waals surface area contributed by atoms with Crippen LogP contribution in [0.1, 0.15) is 22.7 Å². The summed E-state index contributed by atoms with van der Waals surface area (Å²) >= 11 is 0. The minimum Gasteiger partial charge on any atom is -0.438 e. The fourth-order valence-electron chi connectivity index (χ4n) is 2.80. The lowest BCUT2D eigenvalue weighted by Gasteiger charge is -2.26. The summed E-state index contributed by atoms with van der Waals surface area (Å²) in [6, 6.07) is 9.66. The number of nitrogen functional groups attached to an aromatic ring is 1. The van der Waals surface area contributed by atoms with Crippen LogP contribution in [-0.2, 0) is 12.0 Å². The van der Waals surface area contributed by atoms with Crippen molar-refractivity contribution in [3.05, 3.63) is 59.1 Å². The van der Waals surface area contributed by atoms with E-state index in [4.69, 9.17) is 15.9 Å². The molecule has 5 heteroatoms. The summed E-state index contributed by atoms with van der Waals surface area (Å²) in [5.41, 5.74) is 16.1. The number of hydrogen-bond donors (Lipinski definition) is 2. The van der Waals surface area contributed by atoms with Crippen molar-refractivity contribution in [1.29, 1.82) is 0 Å². The number of anilines is 1. The van der Waals surface area contributed by atoms with Crippen LogP contribution in [0.15, 0.2) is 40.8 Å². The molecule has 22 heavy (non-hydrogen) atoms. The Morgan fingerprint density at radius 2 is 2.05 bits per heavy atom. The van der Waals surface area contributed by atoms with Gasteiger partial charge in [0.25, 0.3) is 0 Å². The molecular formula is C17H16N4O. The molecule has 0 aliphatic heterocycles. The van der Waals surface area contributed by atoms with Crippen molar-refractivity contribution in [2.75, 3.05) is 5.73 Å². The molecule has 4 rings (SSSR count). The van der Waals surface area contributed by atoms with Gasteiger partial charge < -0.3 is 15.9 Å². The average molecular weight is 292 g/mol. The van der Waals surface area contributed by atoms with Crippen molar-refractivity contribution in [3.8, 4) is 0 Å². The highest BCUT2D eigenvalue weighted by atomic mass is 16.4. The number of aryl methyl sites for hydroxylation is 1. The van der Waals surface area contributed by atoms with Crippen LogP contribution >= 0.6 is 0 Å². The fraction of sp³-hybridized carbons (Fsp3) is 0.176. The Morgan fingerprint density at radius 3 is 2.91 bits per heavy atom. The van der Waals surface area contributed by atoms with Crippen LogP contribution in [0.5, 0.6) is 0 Å². The van der Waals surface area contributed by atoms with Crippen LogP contribution in [0.25, 0.3) is 17.2 Å². The van der Waals surface area contributed by atoms with Gasteiger partial charge in [-0.3, -0.25) is 0 Å². The van der Waals surface area contributed by atoms with E-state index in [1.54, 1.807) is 6.07 Å². The lowest BCUT2D eigenvalue weighted by atomic mass is 9.86. The second-order valence-corrected chi connectivity index (χ2v) is 5.82. The van der Waals surface area contributed by atoms with E-state index in [1.165, 1.54) is 0 Å². The van der Waals surface area contributed by atoms with Gasteiger partial charge in [-0.15, -0.1) is 0 Å². The third-order valence-electron chi connectivity index (χ3n) is 4.00. The van der Waals surface area contributed by atoms with Gasteiger partial charge in [0.15, 0.2) is 5.58 Å². The first-order valence-corrected chi connectivity index (χ1v) is 7.15. The van der Waals surface area contributed by atoms with Crippen LogP contribution in [0.4, 0.5) is 5.82 Å². The SMILES string of the molecule is Cc1ccc2oc(C3(N)C=Cc4nc(N)ccc4C3)nc2c1. The first kappa shape index (κ1) is 13.0. The van der Waals surface area contributed by atoms with Gasteiger partial charge in [0.2, 0.25) is 5.89 Å². The van der Waals surface area contributed by atoms with E-state index in [9.17, 15) is 0 Å². The van der Waals surface area contributed by atoms with E-state index in [0.29, 0.717) is 18.1 Å². The number of pyridine rings is 1. The standard InChI is InChI=1S/C17H16N4O/c1-10-2-4-14-13(8-10)21-16(22-14)17(19)7-6-12-11(9-17)3-5-15(18)20-12/h2-8H,9,19H2,1H3,(H2,18,20). The number of aromatic nitrogens is 2. The number of benzene rings is 1. The van der Waals surface area contributed by atoms with E-state index in [0.717, 1.165) is 27.9 Å². The summed E-state index contributed by atoms with van der Waals surface area (Å²) < 4.78 is 5.87. The van der Waals surface area contributed by atoms with Crippen LogP contribution < -0.4 is 11.5 Å². The van der Waals surface area contributed by atoms with Crippen molar-refractivity contribution >= 4 is 23.0 Å². The summed E-state index contributed by atoms with van der Waals surface area (Å²) in [5.74, 6) is 1.03. The molecule has 2 heterocycles. The molecule has 0 radical (unpaired) electrons. The minimum absolute atomic E-state index is 0.505. The van der Waals surface area contributed by atoms with E-state index >= 15 is 0 Å². The summed E-state index contributed by atoms with van der Waals surface area (Å²) in [6.45, 7) is 2.03. The Hall–Kier alpha value is -2.66. The Kier molecular flexibility index (Phi) is 2.62. The summed E-state index contributed by atoms with van der Waals surface area (Å²) in [4.78, 5) is 8.88. The Morgan fingerprint density at radius 1 is 1.18 bits per heavy atom. The zero-order valence-corrected chi connectivity index (χ0v) is 12.2. The molecule has 1 aliphatic rings. The molecule has 3 aromatic rings. The van der Waals surface area contributed by atoms with E-state index in [1.807, 2.05) is 43.3 Å². The number of fused-ring (bicyclic) bond motifs is 2. The molecule has 2 aromatic heterocycles. The highest BCUT2D eigenvalue weighted by Gasteiger charge is 2.34. The summed E-state index contributed by atoms with van der Waals surface area (Å²) in [6.07, 6.45) is 4.35. The van der Waals surface area contributed by atoms with Crippen LogP contribution in [-0.4, -0.2) is 9.97 Å². The lowest BCUT2D eigenvalue weighted by Crippen LogP contribution is -2.39. The third kappa shape index (κ3) is 1.98. The molecule has 0 bridgehead atoms. The molecule has 0 saturated carbocycles. The zero-order chi connectivity index (χ0) is 15.3. The smallest absolute Gasteiger partial charge is 0.219 e. The van der Waals surface area contributed by atoms with E-state index < -0.39 is 5.54 Å². The molecule has 0 fully saturated rings. The number of oxazole rings is 1. The molecule has 110 valence electrons. The molecule has 4 N–H and O–H groups in total. The maximum absolute atomic E-state index is 6.53. The fourth-order valence-corrected chi connectivity index (χ4v) is 2.80. The van der Waals surface area contributed by atoms with Crippen molar-refractivity contribution < 1.29 is 4.42 Å². The van der Waals surface area contributed by atoms with E-state index in [-0.39, 0.29) is 0 Å². The van der Waals surface area contributed by atoms with E-state index in [2.05, 4.69) is 9.97 Å². The highest BCUT2D eigenvalue weighted by molar-refractivity contribution is 5.74. The van der Waals surface area contributed by atoms with Crippen molar-refractivity contribution in [1.82, 2.24) is 9.97 Å². The van der Waals surface area contributed by atoms with Crippen molar-refractivity contribution in [2.45, 2.75) is 18.9 Å². The van der Waals surface area contributed by atoms with Crippen molar-refractivity contribution in [3.63, 3.8) is 0 Å². The average Bonchev–Trinajstić information content (AvgIpc) is 2.91. The Labute approximate surface area is 127 Å². The first-order valence-electron chi connectivity index (χ1n) is 7.15. The first-order chi connectivity index (χ1) is 10.5. The second-order valence-electron chi connectivity index (χ2n) is 5.82. The van der Waals surface area contributed by atoms with Crippen LogP contribution in [0, 0.1) is 6.92 Å². The quantitative estimate of drug-likeness (QED) is 0.719. The molecule has 5 nitrogen and oxygen atoms in total. The van der Waals surface area contributed by atoms with Gasteiger partial charge in [-0.05, 0) is 42.3 Å². The molecule has 0 amide bonds. The maximum Gasteiger partial charge on any atom is 0.219 e. The minimum atomic E-state index is -0.766. The molecule has 1 aliphatic carbocycles. The van der Waals surface area contributed by atoms with Gasteiger partial charge in [0, 0.05) is 6.42 Å². The number of rotatable bonds is 1. The summed E-state index contributed by atoms with van der Waals surface area (Å²) in [5, 5.41) is 0. The van der Waals surface area contributed by atoms with Gasteiger partial charge in [-0.25, -0.2) is 9.97 Å². The molecule has 1 atom stereocenters. The maximum atomic E-state index is 6.53. The molecule has 0 spiro atoms. The summed E-state index contributed by atoms with van der Waals surface area (Å²) in [7, 11) is 0. The number of hydrogen-bond acceptors (Lipinski definition) is 5. The topological polar surface area (TPSA) is 91.0 Å².